The molecular formula is C16H13NO. The maximum atomic E-state index is 9.21. The molecule has 0 bridgehead atoms. The number of pyridine rings is 1. The molecule has 0 saturated carbocycles. The van der Waals surface area contributed by atoms with Crippen molar-refractivity contribution in [2.45, 2.75) is 6.61 Å². The molecule has 0 unspecified atom stereocenters. The molecule has 0 aliphatic rings. The van der Waals surface area contributed by atoms with Gasteiger partial charge in [-0.05, 0) is 22.6 Å². The van der Waals surface area contributed by atoms with Crippen LogP contribution >= 0.6 is 0 Å². The lowest BCUT2D eigenvalue weighted by molar-refractivity contribution is 0.282. The lowest BCUT2D eigenvalue weighted by atomic mass is 10.00. The van der Waals surface area contributed by atoms with E-state index in [1.807, 2.05) is 48.8 Å². The zero-order valence-corrected chi connectivity index (χ0v) is 9.88. The lowest BCUT2D eigenvalue weighted by Gasteiger charge is -2.07. The molecule has 0 atom stereocenters. The quantitative estimate of drug-likeness (QED) is 0.738. The zero-order chi connectivity index (χ0) is 12.4. The van der Waals surface area contributed by atoms with E-state index in [1.54, 1.807) is 0 Å². The topological polar surface area (TPSA) is 33.1 Å². The Hall–Kier alpha value is -2.19. The summed E-state index contributed by atoms with van der Waals surface area (Å²) in [6, 6.07) is 16.1. The van der Waals surface area contributed by atoms with Gasteiger partial charge in [-0.2, -0.15) is 0 Å². The van der Waals surface area contributed by atoms with Crippen molar-refractivity contribution in [3.05, 3.63) is 66.5 Å². The van der Waals surface area contributed by atoms with E-state index in [0.29, 0.717) is 0 Å². The predicted octanol–water partition coefficient (Wildman–Crippen LogP) is 3.39. The van der Waals surface area contributed by atoms with Gasteiger partial charge in [0.05, 0.1) is 6.61 Å². The van der Waals surface area contributed by atoms with Crippen LogP contribution in [-0.2, 0) is 6.61 Å². The van der Waals surface area contributed by atoms with Crippen LogP contribution in [0.4, 0.5) is 0 Å². The van der Waals surface area contributed by atoms with Crippen molar-refractivity contribution in [3.63, 3.8) is 0 Å². The number of aromatic nitrogens is 1. The smallest absolute Gasteiger partial charge is 0.0682 e. The SMILES string of the molecule is OCc1cccc(-c2cncc3ccccc23)c1. The minimum atomic E-state index is 0.0615. The van der Waals surface area contributed by atoms with Crippen LogP contribution < -0.4 is 0 Å². The van der Waals surface area contributed by atoms with Crippen molar-refractivity contribution < 1.29 is 5.11 Å². The standard InChI is InChI=1S/C16H13NO/c18-11-12-4-3-6-13(8-12)16-10-17-9-14-5-1-2-7-15(14)16/h1-10,18H,11H2. The summed E-state index contributed by atoms with van der Waals surface area (Å²) in [5.41, 5.74) is 3.11. The summed E-state index contributed by atoms with van der Waals surface area (Å²) < 4.78 is 0. The maximum Gasteiger partial charge on any atom is 0.0682 e. The zero-order valence-electron chi connectivity index (χ0n) is 9.88. The molecule has 2 nitrogen and oxygen atoms in total. The second-order valence-corrected chi connectivity index (χ2v) is 4.27. The third kappa shape index (κ3) is 1.87. The molecule has 0 aliphatic carbocycles. The third-order valence-corrected chi connectivity index (χ3v) is 3.09. The van der Waals surface area contributed by atoms with Crippen LogP contribution in [0.1, 0.15) is 5.56 Å². The Labute approximate surface area is 106 Å². The number of hydrogen-bond acceptors (Lipinski definition) is 2. The minimum absolute atomic E-state index is 0.0615. The van der Waals surface area contributed by atoms with Gasteiger partial charge in [0.2, 0.25) is 0 Å². The Kier molecular flexibility index (Phi) is 2.79. The molecule has 1 N–H and O–H groups in total. The Morgan fingerprint density at radius 1 is 0.944 bits per heavy atom. The van der Waals surface area contributed by atoms with E-state index in [4.69, 9.17) is 0 Å². The maximum absolute atomic E-state index is 9.21. The van der Waals surface area contributed by atoms with Crippen molar-refractivity contribution in [2.24, 2.45) is 0 Å². The first kappa shape index (κ1) is 10.9. The van der Waals surface area contributed by atoms with Gasteiger partial charge in [0.1, 0.15) is 0 Å². The Balaban J connectivity index is 2.24. The highest BCUT2D eigenvalue weighted by Gasteiger charge is 2.04. The van der Waals surface area contributed by atoms with Gasteiger partial charge in [0.15, 0.2) is 0 Å². The Morgan fingerprint density at radius 2 is 1.83 bits per heavy atom. The molecule has 2 heteroatoms. The molecule has 3 aromatic rings. The number of benzene rings is 2. The summed E-state index contributed by atoms with van der Waals surface area (Å²) >= 11 is 0. The molecule has 0 saturated heterocycles. The first-order chi connectivity index (χ1) is 8.88. The van der Waals surface area contributed by atoms with Crippen LogP contribution in [-0.4, -0.2) is 10.1 Å². The number of rotatable bonds is 2. The lowest BCUT2D eigenvalue weighted by Crippen LogP contribution is -1.87. The first-order valence-corrected chi connectivity index (χ1v) is 5.91. The average molecular weight is 235 g/mol. The molecule has 0 radical (unpaired) electrons. The number of hydrogen-bond donors (Lipinski definition) is 1. The summed E-state index contributed by atoms with van der Waals surface area (Å²) in [6.07, 6.45) is 3.74. The minimum Gasteiger partial charge on any atom is -0.392 e. The van der Waals surface area contributed by atoms with Crippen LogP contribution in [0.2, 0.25) is 0 Å². The molecule has 2 aromatic carbocycles. The van der Waals surface area contributed by atoms with Gasteiger partial charge < -0.3 is 5.11 Å². The Bertz CT molecular complexity index is 686. The van der Waals surface area contributed by atoms with Crippen molar-refractivity contribution >= 4 is 10.8 Å². The van der Waals surface area contributed by atoms with Crippen LogP contribution in [0, 0.1) is 0 Å². The summed E-state index contributed by atoms with van der Waals surface area (Å²) in [5, 5.41) is 11.5. The Morgan fingerprint density at radius 3 is 2.72 bits per heavy atom. The van der Waals surface area contributed by atoms with Gasteiger partial charge in [-0.25, -0.2) is 0 Å². The highest BCUT2D eigenvalue weighted by molar-refractivity contribution is 5.95. The fourth-order valence-electron chi connectivity index (χ4n) is 2.18. The molecule has 1 aromatic heterocycles. The van der Waals surface area contributed by atoms with Crippen molar-refractivity contribution in [3.8, 4) is 11.1 Å². The molecule has 88 valence electrons. The van der Waals surface area contributed by atoms with E-state index in [2.05, 4.69) is 17.1 Å². The molecule has 0 aliphatic heterocycles. The summed E-state index contributed by atoms with van der Waals surface area (Å²) in [7, 11) is 0. The molecule has 3 rings (SSSR count). The molecule has 18 heavy (non-hydrogen) atoms. The monoisotopic (exact) mass is 235 g/mol. The summed E-state index contributed by atoms with van der Waals surface area (Å²) in [6.45, 7) is 0.0615. The highest BCUT2D eigenvalue weighted by atomic mass is 16.3. The van der Waals surface area contributed by atoms with Crippen molar-refractivity contribution in [1.82, 2.24) is 4.98 Å². The van der Waals surface area contributed by atoms with Crippen LogP contribution in [0.15, 0.2) is 60.9 Å². The highest BCUT2D eigenvalue weighted by Crippen LogP contribution is 2.27. The second kappa shape index (κ2) is 4.59. The molecular weight excluding hydrogens is 222 g/mol. The van der Waals surface area contributed by atoms with E-state index >= 15 is 0 Å². The van der Waals surface area contributed by atoms with Crippen LogP contribution in [0.5, 0.6) is 0 Å². The van der Waals surface area contributed by atoms with E-state index in [1.165, 1.54) is 5.39 Å². The summed E-state index contributed by atoms with van der Waals surface area (Å²) in [4.78, 5) is 4.28. The van der Waals surface area contributed by atoms with E-state index < -0.39 is 0 Å². The fourth-order valence-corrected chi connectivity index (χ4v) is 2.18. The summed E-state index contributed by atoms with van der Waals surface area (Å²) in [5.74, 6) is 0. The van der Waals surface area contributed by atoms with E-state index in [-0.39, 0.29) is 6.61 Å². The number of nitrogens with zero attached hydrogens (tertiary/aromatic N) is 1. The number of aliphatic hydroxyl groups excluding tert-OH is 1. The van der Waals surface area contributed by atoms with E-state index in [0.717, 1.165) is 22.1 Å². The third-order valence-electron chi connectivity index (χ3n) is 3.09. The van der Waals surface area contributed by atoms with Gasteiger partial charge >= 0.3 is 0 Å². The second-order valence-electron chi connectivity index (χ2n) is 4.27. The van der Waals surface area contributed by atoms with Gasteiger partial charge in [0, 0.05) is 23.3 Å². The normalized spacial score (nSPS) is 10.7. The van der Waals surface area contributed by atoms with Gasteiger partial charge in [-0.15, -0.1) is 0 Å². The van der Waals surface area contributed by atoms with Gasteiger partial charge in [0.25, 0.3) is 0 Å². The largest absolute Gasteiger partial charge is 0.392 e. The van der Waals surface area contributed by atoms with Crippen molar-refractivity contribution in [1.29, 1.82) is 0 Å². The van der Waals surface area contributed by atoms with Gasteiger partial charge in [-0.3, -0.25) is 4.98 Å². The fraction of sp³-hybridized carbons (Fsp3) is 0.0625. The molecule has 0 fully saturated rings. The van der Waals surface area contributed by atoms with Crippen LogP contribution in [0.25, 0.3) is 21.9 Å². The van der Waals surface area contributed by atoms with Crippen molar-refractivity contribution in [2.75, 3.05) is 0 Å². The number of aliphatic hydroxyl groups is 1. The predicted molar refractivity (Wildman–Crippen MR) is 73.1 cm³/mol. The molecule has 1 heterocycles. The molecule has 0 spiro atoms. The number of fused-ring (bicyclic) bond motifs is 1. The van der Waals surface area contributed by atoms with Gasteiger partial charge in [-0.1, -0.05) is 42.5 Å². The molecule has 0 amide bonds. The van der Waals surface area contributed by atoms with Crippen LogP contribution in [0.3, 0.4) is 0 Å². The van der Waals surface area contributed by atoms with E-state index in [9.17, 15) is 5.11 Å². The first-order valence-electron chi connectivity index (χ1n) is 5.91. The average Bonchev–Trinajstić information content (AvgIpc) is 2.47.